The normalized spacial score (nSPS) is 10.2. The minimum absolute atomic E-state index is 0.0235. The number of rotatable bonds is 4. The lowest BCUT2D eigenvalue weighted by Gasteiger charge is -2.08. The van der Waals surface area contributed by atoms with Crippen LogP contribution >= 0.6 is 15.9 Å². The number of furan rings is 1. The van der Waals surface area contributed by atoms with Crippen molar-refractivity contribution >= 4 is 33.4 Å². The van der Waals surface area contributed by atoms with Gasteiger partial charge in [0.2, 0.25) is 5.91 Å². The predicted molar refractivity (Wildman–Crippen MR) is 80.2 cm³/mol. The molecule has 0 atom stereocenters. The summed E-state index contributed by atoms with van der Waals surface area (Å²) in [5.74, 6) is -0.866. The molecule has 2 rings (SSSR count). The van der Waals surface area contributed by atoms with Gasteiger partial charge in [0.15, 0.2) is 10.4 Å². The highest BCUT2D eigenvalue weighted by atomic mass is 79.9. The quantitative estimate of drug-likeness (QED) is 0.737. The minimum Gasteiger partial charge on any atom is -0.506 e. The summed E-state index contributed by atoms with van der Waals surface area (Å²) < 4.78 is 5.49. The summed E-state index contributed by atoms with van der Waals surface area (Å²) in [6.45, 7) is 1.59. The van der Waals surface area contributed by atoms with E-state index in [9.17, 15) is 14.7 Å². The minimum atomic E-state index is -0.496. The number of anilines is 1. The SMILES string of the molecule is Cc1ccc(NC(=O)CNC(=O)c2ccc(Br)o2)c(O)c1. The van der Waals surface area contributed by atoms with Gasteiger partial charge in [0.05, 0.1) is 12.2 Å². The molecule has 0 bridgehead atoms. The molecule has 0 radical (unpaired) electrons. The van der Waals surface area contributed by atoms with Crippen LogP contribution in [-0.2, 0) is 4.79 Å². The molecule has 1 aromatic heterocycles. The fraction of sp³-hybridized carbons (Fsp3) is 0.143. The van der Waals surface area contributed by atoms with Crippen molar-refractivity contribution in [1.82, 2.24) is 5.32 Å². The molecule has 0 unspecified atom stereocenters. The van der Waals surface area contributed by atoms with Crippen LogP contribution in [0.15, 0.2) is 39.4 Å². The second kappa shape index (κ2) is 6.45. The largest absolute Gasteiger partial charge is 0.506 e. The second-order valence-electron chi connectivity index (χ2n) is 4.36. The van der Waals surface area contributed by atoms with Crippen LogP contribution in [0.4, 0.5) is 5.69 Å². The van der Waals surface area contributed by atoms with E-state index in [-0.39, 0.29) is 18.1 Å². The van der Waals surface area contributed by atoms with Crippen molar-refractivity contribution in [3.63, 3.8) is 0 Å². The van der Waals surface area contributed by atoms with Gasteiger partial charge in [-0.15, -0.1) is 0 Å². The first kappa shape index (κ1) is 15.1. The van der Waals surface area contributed by atoms with Gasteiger partial charge >= 0.3 is 0 Å². The average molecular weight is 353 g/mol. The van der Waals surface area contributed by atoms with Gasteiger partial charge in [-0.1, -0.05) is 6.07 Å². The van der Waals surface area contributed by atoms with Crippen molar-refractivity contribution in [2.45, 2.75) is 6.92 Å². The first-order chi connectivity index (χ1) is 9.95. The number of hydrogen-bond acceptors (Lipinski definition) is 4. The van der Waals surface area contributed by atoms with E-state index in [2.05, 4.69) is 26.6 Å². The Labute approximate surface area is 129 Å². The lowest BCUT2D eigenvalue weighted by Crippen LogP contribution is -2.32. The van der Waals surface area contributed by atoms with E-state index in [1.807, 2.05) is 6.92 Å². The van der Waals surface area contributed by atoms with E-state index in [0.717, 1.165) is 5.56 Å². The van der Waals surface area contributed by atoms with Crippen LogP contribution in [-0.4, -0.2) is 23.5 Å². The van der Waals surface area contributed by atoms with E-state index in [1.54, 1.807) is 18.2 Å². The van der Waals surface area contributed by atoms with Crippen LogP contribution in [0, 0.1) is 6.92 Å². The average Bonchev–Trinajstić information content (AvgIpc) is 2.86. The third-order valence-corrected chi connectivity index (χ3v) is 3.06. The van der Waals surface area contributed by atoms with E-state index >= 15 is 0 Å². The Morgan fingerprint density at radius 1 is 1.29 bits per heavy atom. The maximum atomic E-state index is 11.7. The molecule has 6 nitrogen and oxygen atoms in total. The monoisotopic (exact) mass is 352 g/mol. The van der Waals surface area contributed by atoms with Gasteiger partial charge < -0.3 is 20.2 Å². The second-order valence-corrected chi connectivity index (χ2v) is 5.14. The summed E-state index contributed by atoms with van der Waals surface area (Å²) in [7, 11) is 0. The van der Waals surface area contributed by atoms with Gasteiger partial charge in [-0.2, -0.15) is 0 Å². The Morgan fingerprint density at radius 2 is 2.05 bits per heavy atom. The fourth-order valence-corrected chi connectivity index (χ4v) is 1.93. The van der Waals surface area contributed by atoms with Crippen molar-refractivity contribution in [3.8, 4) is 5.75 Å². The molecule has 0 aliphatic carbocycles. The van der Waals surface area contributed by atoms with Gasteiger partial charge in [0.1, 0.15) is 5.75 Å². The van der Waals surface area contributed by atoms with Gasteiger partial charge in [-0.25, -0.2) is 0 Å². The van der Waals surface area contributed by atoms with Crippen molar-refractivity contribution in [3.05, 3.63) is 46.3 Å². The smallest absolute Gasteiger partial charge is 0.287 e. The lowest BCUT2D eigenvalue weighted by molar-refractivity contribution is -0.115. The summed E-state index contributed by atoms with van der Waals surface area (Å²) in [5.41, 5.74) is 1.17. The number of benzene rings is 1. The molecule has 2 aromatic rings. The van der Waals surface area contributed by atoms with E-state index in [0.29, 0.717) is 10.4 Å². The van der Waals surface area contributed by atoms with Crippen molar-refractivity contribution < 1.29 is 19.1 Å². The highest BCUT2D eigenvalue weighted by Crippen LogP contribution is 2.23. The molecule has 0 spiro atoms. The number of aryl methyl sites for hydroxylation is 1. The number of nitrogens with one attached hydrogen (secondary N) is 2. The summed E-state index contributed by atoms with van der Waals surface area (Å²) in [4.78, 5) is 23.4. The third kappa shape index (κ3) is 4.09. The van der Waals surface area contributed by atoms with Crippen LogP contribution < -0.4 is 10.6 Å². The molecule has 0 aliphatic heterocycles. The standard InChI is InChI=1S/C14H13BrN2O4/c1-8-2-3-9(10(18)6-8)17-13(19)7-16-14(20)11-4-5-12(15)21-11/h2-6,18H,7H2,1H3,(H,16,20)(H,17,19). The molecule has 7 heteroatoms. The predicted octanol–water partition coefficient (Wildman–Crippen LogP) is 2.42. The molecule has 21 heavy (non-hydrogen) atoms. The van der Waals surface area contributed by atoms with Gasteiger partial charge in [0, 0.05) is 0 Å². The molecule has 0 fully saturated rings. The highest BCUT2D eigenvalue weighted by molar-refractivity contribution is 9.10. The zero-order valence-electron chi connectivity index (χ0n) is 11.1. The van der Waals surface area contributed by atoms with Crippen LogP contribution in [0.5, 0.6) is 5.75 Å². The van der Waals surface area contributed by atoms with Gasteiger partial charge in [-0.3, -0.25) is 9.59 Å². The molecule has 0 saturated heterocycles. The van der Waals surface area contributed by atoms with Crippen LogP contribution in [0.2, 0.25) is 0 Å². The number of carbonyl (C=O) groups excluding carboxylic acids is 2. The molecule has 0 saturated carbocycles. The molecule has 1 aromatic carbocycles. The fourth-order valence-electron chi connectivity index (χ4n) is 1.63. The summed E-state index contributed by atoms with van der Waals surface area (Å²) in [5, 5.41) is 14.6. The number of phenolic OH excluding ortho intramolecular Hbond substituents is 1. The van der Waals surface area contributed by atoms with Crippen LogP contribution in [0.1, 0.15) is 16.1 Å². The molecule has 110 valence electrons. The van der Waals surface area contributed by atoms with Crippen molar-refractivity contribution in [1.29, 1.82) is 0 Å². The molecular weight excluding hydrogens is 340 g/mol. The topological polar surface area (TPSA) is 91.6 Å². The first-order valence-corrected chi connectivity index (χ1v) is 6.88. The number of phenols is 1. The maximum Gasteiger partial charge on any atom is 0.287 e. The van der Waals surface area contributed by atoms with Gasteiger partial charge in [0.25, 0.3) is 5.91 Å². The number of amides is 2. The van der Waals surface area contributed by atoms with Crippen molar-refractivity contribution in [2.75, 3.05) is 11.9 Å². The summed E-state index contributed by atoms with van der Waals surface area (Å²) in [6.07, 6.45) is 0. The van der Waals surface area contributed by atoms with E-state index in [1.165, 1.54) is 12.1 Å². The Kier molecular flexibility index (Phi) is 4.64. The van der Waals surface area contributed by atoms with Gasteiger partial charge in [-0.05, 0) is 52.7 Å². The Bertz CT molecular complexity index is 681. The Hall–Kier alpha value is -2.28. The Morgan fingerprint density at radius 3 is 2.67 bits per heavy atom. The maximum absolute atomic E-state index is 11.7. The Balaban J connectivity index is 1.89. The van der Waals surface area contributed by atoms with Crippen LogP contribution in [0.3, 0.4) is 0 Å². The zero-order chi connectivity index (χ0) is 15.4. The molecule has 3 N–H and O–H groups in total. The highest BCUT2D eigenvalue weighted by Gasteiger charge is 2.12. The van der Waals surface area contributed by atoms with E-state index in [4.69, 9.17) is 4.42 Å². The zero-order valence-corrected chi connectivity index (χ0v) is 12.7. The summed E-state index contributed by atoms with van der Waals surface area (Å²) in [6, 6.07) is 7.96. The van der Waals surface area contributed by atoms with E-state index < -0.39 is 11.8 Å². The number of halogens is 1. The summed E-state index contributed by atoms with van der Waals surface area (Å²) >= 11 is 3.08. The van der Waals surface area contributed by atoms with Crippen LogP contribution in [0.25, 0.3) is 0 Å². The lowest BCUT2D eigenvalue weighted by atomic mass is 10.2. The number of carbonyl (C=O) groups is 2. The molecule has 1 heterocycles. The third-order valence-electron chi connectivity index (χ3n) is 2.63. The molecule has 0 aliphatic rings. The molecular formula is C14H13BrN2O4. The number of aromatic hydroxyl groups is 1. The first-order valence-electron chi connectivity index (χ1n) is 6.08. The van der Waals surface area contributed by atoms with Crippen molar-refractivity contribution in [2.24, 2.45) is 0 Å². The number of hydrogen-bond donors (Lipinski definition) is 3. The molecule has 2 amide bonds.